The van der Waals surface area contributed by atoms with E-state index >= 15 is 0 Å². The normalized spacial score (nSPS) is 12.7. The fourth-order valence-corrected chi connectivity index (χ4v) is 4.36. The molecule has 0 saturated heterocycles. The van der Waals surface area contributed by atoms with Gasteiger partial charge in [0.1, 0.15) is 0 Å². The molecule has 0 aliphatic heterocycles. The molecule has 0 saturated carbocycles. The second-order valence-corrected chi connectivity index (χ2v) is 9.15. The van der Waals surface area contributed by atoms with Crippen LogP contribution in [0.4, 0.5) is 9.93 Å². The van der Waals surface area contributed by atoms with Crippen molar-refractivity contribution in [1.29, 1.82) is 0 Å². The molecule has 2 N–H and O–H groups in total. The molecule has 6 nitrogen and oxygen atoms in total. The maximum Gasteiger partial charge on any atom is 0.321 e. The van der Waals surface area contributed by atoms with Gasteiger partial charge in [-0.3, -0.25) is 5.32 Å². The van der Waals surface area contributed by atoms with Crippen molar-refractivity contribution in [3.8, 4) is 10.4 Å². The van der Waals surface area contributed by atoms with E-state index in [9.17, 15) is 13.2 Å². The lowest BCUT2D eigenvalue weighted by Gasteiger charge is -2.10. The number of benzene rings is 1. The van der Waals surface area contributed by atoms with Gasteiger partial charge in [-0.2, -0.15) is 0 Å². The fourth-order valence-electron chi connectivity index (χ4n) is 2.11. The van der Waals surface area contributed by atoms with Crippen molar-refractivity contribution in [2.75, 3.05) is 11.6 Å². The molecule has 0 fully saturated rings. The van der Waals surface area contributed by atoms with Gasteiger partial charge in [-0.25, -0.2) is 18.2 Å². The average Bonchev–Trinajstić information content (AvgIpc) is 2.86. The summed E-state index contributed by atoms with van der Waals surface area (Å²) in [6.45, 7) is 5.70. The van der Waals surface area contributed by atoms with Crippen molar-refractivity contribution in [3.63, 3.8) is 0 Å². The number of amides is 2. The molecule has 1 atom stereocenters. The summed E-state index contributed by atoms with van der Waals surface area (Å²) in [5, 5.41) is 6.14. The largest absolute Gasteiger partial charge is 0.335 e. The Kier molecular flexibility index (Phi) is 6.08. The molecule has 1 heterocycles. The SMILES string of the molecule is CC[C@@H](C)NC(=O)Nc1nc(C)c(-c2ccc(Cl)c(S(C)(=O)=O)c2)s1. The van der Waals surface area contributed by atoms with Gasteiger partial charge in [0.15, 0.2) is 15.0 Å². The molecule has 2 amide bonds. The number of hydrogen-bond donors (Lipinski definition) is 2. The van der Waals surface area contributed by atoms with Gasteiger partial charge in [0.05, 0.1) is 20.5 Å². The van der Waals surface area contributed by atoms with Crippen molar-refractivity contribution in [3.05, 3.63) is 28.9 Å². The molecule has 136 valence electrons. The third kappa shape index (κ3) is 4.93. The maximum atomic E-state index is 11.9. The summed E-state index contributed by atoms with van der Waals surface area (Å²) in [7, 11) is -3.43. The molecular formula is C16H20ClN3O3S2. The van der Waals surface area contributed by atoms with E-state index in [1.165, 1.54) is 17.4 Å². The van der Waals surface area contributed by atoms with E-state index in [0.29, 0.717) is 16.4 Å². The standard InChI is InChI=1S/C16H20ClN3O3S2/c1-5-9(2)18-15(21)20-16-19-10(3)14(24-16)11-6-7-12(17)13(8-11)25(4,22)23/h6-9H,5H2,1-4H3,(H2,18,19,20,21)/t9-/m1/s1. The second kappa shape index (κ2) is 7.72. The molecule has 0 spiro atoms. The number of nitrogens with one attached hydrogen (secondary N) is 2. The van der Waals surface area contributed by atoms with Gasteiger partial charge < -0.3 is 5.32 Å². The number of carbonyl (C=O) groups excluding carboxylic acids is 1. The van der Waals surface area contributed by atoms with Crippen molar-refractivity contribution in [2.45, 2.75) is 38.1 Å². The lowest BCUT2D eigenvalue weighted by Crippen LogP contribution is -2.35. The van der Waals surface area contributed by atoms with Crippen molar-refractivity contribution < 1.29 is 13.2 Å². The first-order valence-corrected chi connectivity index (χ1v) is 10.7. The Labute approximate surface area is 156 Å². The number of sulfone groups is 1. The predicted molar refractivity (Wildman–Crippen MR) is 102 cm³/mol. The van der Waals surface area contributed by atoms with E-state index in [2.05, 4.69) is 15.6 Å². The minimum atomic E-state index is -3.43. The molecule has 9 heteroatoms. The van der Waals surface area contributed by atoms with Gasteiger partial charge in [0, 0.05) is 12.3 Å². The molecular weight excluding hydrogens is 382 g/mol. The van der Waals surface area contributed by atoms with Crippen LogP contribution in [-0.4, -0.2) is 31.7 Å². The summed E-state index contributed by atoms with van der Waals surface area (Å²) in [4.78, 5) is 17.1. The van der Waals surface area contributed by atoms with Crippen LogP contribution in [0.2, 0.25) is 5.02 Å². The van der Waals surface area contributed by atoms with E-state index in [1.54, 1.807) is 19.1 Å². The number of hydrogen-bond acceptors (Lipinski definition) is 5. The van der Waals surface area contributed by atoms with Gasteiger partial charge in [-0.1, -0.05) is 35.9 Å². The number of urea groups is 1. The highest BCUT2D eigenvalue weighted by molar-refractivity contribution is 7.90. The lowest BCUT2D eigenvalue weighted by atomic mass is 10.2. The average molecular weight is 402 g/mol. The number of rotatable bonds is 5. The molecule has 2 aromatic rings. The van der Waals surface area contributed by atoms with E-state index < -0.39 is 9.84 Å². The van der Waals surface area contributed by atoms with Crippen LogP contribution in [0.3, 0.4) is 0 Å². The van der Waals surface area contributed by atoms with Gasteiger partial charge in [-0.15, -0.1) is 0 Å². The van der Waals surface area contributed by atoms with Gasteiger partial charge in [0.25, 0.3) is 0 Å². The molecule has 0 bridgehead atoms. The molecule has 1 aromatic heterocycles. The van der Waals surface area contributed by atoms with Crippen LogP contribution in [0.15, 0.2) is 23.1 Å². The van der Waals surface area contributed by atoms with E-state index in [4.69, 9.17) is 11.6 Å². The molecule has 2 rings (SSSR count). The zero-order chi connectivity index (χ0) is 18.8. The number of carbonyl (C=O) groups is 1. The number of halogens is 1. The van der Waals surface area contributed by atoms with Crippen molar-refractivity contribution >= 4 is 43.9 Å². The fraction of sp³-hybridized carbons (Fsp3) is 0.375. The summed E-state index contributed by atoms with van der Waals surface area (Å²) in [6, 6.07) is 4.56. The van der Waals surface area contributed by atoms with Gasteiger partial charge in [-0.05, 0) is 38.0 Å². The van der Waals surface area contributed by atoms with Crippen LogP contribution < -0.4 is 10.6 Å². The highest BCUT2D eigenvalue weighted by Gasteiger charge is 2.17. The Morgan fingerprint density at radius 2 is 2.08 bits per heavy atom. The lowest BCUT2D eigenvalue weighted by molar-refractivity contribution is 0.249. The zero-order valence-electron chi connectivity index (χ0n) is 14.4. The number of nitrogens with zero attached hydrogens (tertiary/aromatic N) is 1. The topological polar surface area (TPSA) is 88.2 Å². The Morgan fingerprint density at radius 1 is 1.40 bits per heavy atom. The summed E-state index contributed by atoms with van der Waals surface area (Å²) < 4.78 is 23.7. The minimum Gasteiger partial charge on any atom is -0.335 e. The monoisotopic (exact) mass is 401 g/mol. The quantitative estimate of drug-likeness (QED) is 0.789. The summed E-state index contributed by atoms with van der Waals surface area (Å²) in [5.41, 5.74) is 1.39. The number of aromatic nitrogens is 1. The Bertz CT molecular complexity index is 894. The molecule has 0 aliphatic carbocycles. The third-order valence-electron chi connectivity index (χ3n) is 3.60. The third-order valence-corrected chi connectivity index (χ3v) is 6.30. The summed E-state index contributed by atoms with van der Waals surface area (Å²) >= 11 is 7.27. The van der Waals surface area contributed by atoms with Crippen LogP contribution in [0.25, 0.3) is 10.4 Å². The zero-order valence-corrected chi connectivity index (χ0v) is 16.8. The number of aryl methyl sites for hydroxylation is 1. The Balaban J connectivity index is 2.30. The van der Waals surface area contributed by atoms with Crippen LogP contribution in [-0.2, 0) is 9.84 Å². The predicted octanol–water partition coefficient (Wildman–Crippen LogP) is 4.10. The van der Waals surface area contributed by atoms with E-state index in [-0.39, 0.29) is 22.0 Å². The number of thiazole rings is 1. The summed E-state index contributed by atoms with van der Waals surface area (Å²) in [6.07, 6.45) is 1.94. The molecule has 0 radical (unpaired) electrons. The first kappa shape index (κ1) is 19.7. The number of anilines is 1. The van der Waals surface area contributed by atoms with E-state index in [1.807, 2.05) is 13.8 Å². The molecule has 0 aliphatic rings. The van der Waals surface area contributed by atoms with Gasteiger partial charge >= 0.3 is 6.03 Å². The van der Waals surface area contributed by atoms with Gasteiger partial charge in [0.2, 0.25) is 0 Å². The maximum absolute atomic E-state index is 11.9. The first-order chi connectivity index (χ1) is 11.6. The molecule has 25 heavy (non-hydrogen) atoms. The molecule has 1 aromatic carbocycles. The Hall–Kier alpha value is -1.64. The molecule has 0 unspecified atom stereocenters. The Morgan fingerprint density at radius 3 is 2.68 bits per heavy atom. The van der Waals surface area contributed by atoms with Crippen LogP contribution >= 0.6 is 22.9 Å². The first-order valence-electron chi connectivity index (χ1n) is 7.66. The highest BCUT2D eigenvalue weighted by Crippen LogP contribution is 2.35. The minimum absolute atomic E-state index is 0.0640. The van der Waals surface area contributed by atoms with Crippen molar-refractivity contribution in [1.82, 2.24) is 10.3 Å². The smallest absolute Gasteiger partial charge is 0.321 e. The van der Waals surface area contributed by atoms with Crippen molar-refractivity contribution in [2.24, 2.45) is 0 Å². The highest BCUT2D eigenvalue weighted by atomic mass is 35.5. The van der Waals surface area contributed by atoms with Crippen LogP contribution in [0, 0.1) is 6.92 Å². The second-order valence-electron chi connectivity index (χ2n) is 5.76. The van der Waals surface area contributed by atoms with E-state index in [0.717, 1.165) is 17.6 Å². The van der Waals surface area contributed by atoms with Crippen LogP contribution in [0.1, 0.15) is 26.0 Å². The van der Waals surface area contributed by atoms with Crippen LogP contribution in [0.5, 0.6) is 0 Å². The summed E-state index contributed by atoms with van der Waals surface area (Å²) in [5.74, 6) is 0.